The minimum Gasteiger partial charge on any atom is -0.457 e. The molecule has 442 valence electrons. The van der Waals surface area contributed by atoms with Gasteiger partial charge in [-0.1, -0.05) is 232 Å². The quantitative estimate of drug-likeness (QED) is 0.0735. The van der Waals surface area contributed by atoms with Crippen molar-refractivity contribution in [2.24, 2.45) is 0 Å². The van der Waals surface area contributed by atoms with E-state index in [1.54, 1.807) is 0 Å². The van der Waals surface area contributed by atoms with Gasteiger partial charge in [-0.3, -0.25) is 4.57 Å². The Hall–Kier alpha value is -10.4. The normalized spacial score (nSPS) is 12.8. The van der Waals surface area contributed by atoms with Crippen molar-refractivity contribution >= 4 is 101 Å². The molecule has 91 heavy (non-hydrogen) atoms. The predicted octanol–water partition coefficient (Wildman–Crippen LogP) is 18.9. The zero-order valence-electron chi connectivity index (χ0n) is 53.2. The largest absolute Gasteiger partial charge is 0.503 e. The maximum absolute atomic E-state index is 7.08. The molecule has 1 aliphatic heterocycles. The van der Waals surface area contributed by atoms with E-state index < -0.39 is 8.07 Å². The highest BCUT2D eigenvalue weighted by atomic mass is 28.3. The van der Waals surface area contributed by atoms with Crippen LogP contribution in [0.15, 0.2) is 279 Å². The van der Waals surface area contributed by atoms with Crippen LogP contribution in [0.3, 0.4) is 0 Å². The second-order valence-corrected chi connectivity index (χ2v) is 31.3. The zero-order valence-corrected chi connectivity index (χ0v) is 54.2. The number of rotatable bonds is 11. The van der Waals surface area contributed by atoms with E-state index in [2.05, 4.69) is 360 Å². The maximum atomic E-state index is 7.08. The second-order valence-electron chi connectivity index (χ2n) is 27.5. The third kappa shape index (κ3) is 9.93. The highest BCUT2D eigenvalue weighted by Crippen LogP contribution is 2.46. The fourth-order valence-electron chi connectivity index (χ4n) is 13.8. The van der Waals surface area contributed by atoms with Gasteiger partial charge >= 0.3 is 11.7 Å². The van der Waals surface area contributed by atoms with Crippen LogP contribution in [-0.2, 0) is 16.2 Å². The first kappa shape index (κ1) is 57.0. The first-order chi connectivity index (χ1) is 44.0. The van der Waals surface area contributed by atoms with Crippen molar-refractivity contribution in [1.82, 2.24) is 23.3 Å². The summed E-state index contributed by atoms with van der Waals surface area (Å²) in [6, 6.07) is 104. The number of para-hydroxylation sites is 3. The molecule has 0 aliphatic carbocycles. The van der Waals surface area contributed by atoms with Gasteiger partial charge in [-0.15, -0.1) is 0 Å². The van der Waals surface area contributed by atoms with Gasteiger partial charge in [0.15, 0.2) is 8.07 Å². The summed E-state index contributed by atoms with van der Waals surface area (Å²) >= 11 is 0. The van der Waals surface area contributed by atoms with E-state index in [1.165, 1.54) is 59.2 Å². The smallest absolute Gasteiger partial charge is 0.457 e. The molecule has 4 heterocycles. The van der Waals surface area contributed by atoms with E-state index in [9.17, 15) is 0 Å². The lowest BCUT2D eigenvalue weighted by Crippen LogP contribution is -2.74. The lowest BCUT2D eigenvalue weighted by Gasteiger charge is -2.34. The molecule has 0 saturated carbocycles. The molecule has 6 nitrogen and oxygen atoms in total. The predicted molar refractivity (Wildman–Crippen MR) is 385 cm³/mol. The number of nitrogens with zero attached hydrogens (tertiary/aromatic N) is 5. The second kappa shape index (κ2) is 22.0. The van der Waals surface area contributed by atoms with Crippen LogP contribution in [-0.4, -0.2) is 28.2 Å². The van der Waals surface area contributed by atoms with E-state index >= 15 is 0 Å². The Morgan fingerprint density at radius 2 is 0.923 bits per heavy atom. The van der Waals surface area contributed by atoms with Gasteiger partial charge in [0.25, 0.3) is 5.69 Å². The number of benzene rings is 11. The van der Waals surface area contributed by atoms with Crippen LogP contribution in [0.4, 0.5) is 22.7 Å². The van der Waals surface area contributed by atoms with Gasteiger partial charge in [0.05, 0.1) is 33.7 Å². The Morgan fingerprint density at radius 1 is 0.374 bits per heavy atom. The molecule has 0 atom stereocenters. The molecule has 0 unspecified atom stereocenters. The van der Waals surface area contributed by atoms with Crippen LogP contribution >= 0.6 is 0 Å². The minimum atomic E-state index is -2.88. The topological polar surface area (TPSA) is 38.0 Å². The third-order valence-corrected chi connectivity index (χ3v) is 23.3. The third-order valence-electron chi connectivity index (χ3n) is 18.5. The molecule has 0 radical (unpaired) electrons. The summed E-state index contributed by atoms with van der Waals surface area (Å²) in [7, 11) is -2.88. The zero-order chi connectivity index (χ0) is 62.4. The van der Waals surface area contributed by atoms with E-state index in [-0.39, 0.29) is 16.2 Å². The highest BCUT2D eigenvalue weighted by Gasteiger charge is 2.44. The Bertz CT molecular complexity index is 5060. The average molecular weight is 1200 g/mol. The first-order valence-corrected chi connectivity index (χ1v) is 33.8. The summed E-state index contributed by atoms with van der Waals surface area (Å²) in [5, 5.41) is 10.0. The Labute approximate surface area is 534 Å². The lowest BCUT2D eigenvalue weighted by atomic mass is 9.80. The summed E-state index contributed by atoms with van der Waals surface area (Å²) in [5.41, 5.74) is 15.3. The summed E-state index contributed by atoms with van der Waals surface area (Å²) in [4.78, 5) is 5.08. The standard InChI is InChI=1S/C84H73N5OSi/c1-82(2,3)58-46-47-85-80(52-58)89-77-45-42-62(88-75-39-21-19-36-71(75)72-37-20-22-40-76(72)88)54-74(77)73-44-43-65(55-79(73)89)90-64-28-24-27-61(53-64)86-56-87(63-50-59(83(4,5)6)49-60(51-63)84(7,8)9)81-70(38-25-41-78(81)86)57-26-23-35-69(48-57)91(66-29-13-10-14-30-66,67-31-15-11-16-32-67)68-33-17-12-18-34-68/h10-55H,1-9H3/q+2. The molecular weight excluding hydrogens is 1120 g/mol. The van der Waals surface area contributed by atoms with E-state index in [0.717, 1.165) is 72.9 Å². The van der Waals surface area contributed by atoms with Gasteiger partial charge < -0.3 is 9.30 Å². The first-order valence-electron chi connectivity index (χ1n) is 31.8. The van der Waals surface area contributed by atoms with E-state index in [1.807, 2.05) is 6.20 Å². The van der Waals surface area contributed by atoms with Gasteiger partial charge in [0.2, 0.25) is 11.4 Å². The van der Waals surface area contributed by atoms with Gasteiger partial charge in [-0.2, -0.15) is 0 Å². The number of hydrogen-bond acceptors (Lipinski definition) is 2. The van der Waals surface area contributed by atoms with Gasteiger partial charge in [0.1, 0.15) is 17.3 Å². The Balaban J connectivity index is 0.883. The van der Waals surface area contributed by atoms with Crippen LogP contribution in [0, 0.1) is 0 Å². The molecule has 15 rings (SSSR count). The van der Waals surface area contributed by atoms with Gasteiger partial charge in [-0.25, -0.2) is 4.98 Å². The van der Waals surface area contributed by atoms with Crippen molar-refractivity contribution in [1.29, 1.82) is 0 Å². The molecule has 3 aromatic heterocycles. The highest BCUT2D eigenvalue weighted by molar-refractivity contribution is 7.20. The number of hydrogen-bond donors (Lipinski definition) is 0. The molecule has 0 saturated heterocycles. The molecule has 0 N–H and O–H groups in total. The van der Waals surface area contributed by atoms with Crippen molar-refractivity contribution in [2.45, 2.75) is 78.6 Å². The van der Waals surface area contributed by atoms with Gasteiger partial charge in [0, 0.05) is 63.8 Å². The summed E-state index contributed by atoms with van der Waals surface area (Å²) in [6.45, 7) is 20.6. The Kier molecular flexibility index (Phi) is 13.8. The van der Waals surface area contributed by atoms with Crippen molar-refractivity contribution < 1.29 is 4.74 Å². The van der Waals surface area contributed by atoms with E-state index in [4.69, 9.17) is 9.72 Å². The maximum Gasteiger partial charge on any atom is 0.503 e. The summed E-state index contributed by atoms with van der Waals surface area (Å²) in [5.74, 6) is 2.29. The molecule has 0 spiro atoms. The number of aromatic nitrogens is 3. The average Bonchev–Trinajstić information content (AvgIpc) is 1.82. The molecule has 0 bridgehead atoms. The molecular formula is C84H73N5OSi+2. The minimum absolute atomic E-state index is 0.0816. The lowest BCUT2D eigenvalue weighted by molar-refractivity contribution is 0.483. The van der Waals surface area contributed by atoms with Crippen LogP contribution < -0.4 is 34.6 Å². The van der Waals surface area contributed by atoms with Crippen LogP contribution in [0.5, 0.6) is 11.5 Å². The number of ether oxygens (including phenoxy) is 1. The van der Waals surface area contributed by atoms with Crippen molar-refractivity contribution in [3.8, 4) is 34.1 Å². The SMILES string of the molecule is CC(C)(C)c1cc([N+]2=C=[N+](c3cccc(Oc4ccc5c6cc(-n7c8ccccc8c8ccccc87)ccc6n(-c6cc(C(C)(C)C)ccn6)c5c4)c3)c3cccc(-c4cccc([Si](c5ccccc5)(c5ccccc5)c5ccccc5)c4)c32)cc(C(C)(C)C)c1. The number of pyridine rings is 1. The number of fused-ring (bicyclic) bond motifs is 7. The van der Waals surface area contributed by atoms with Crippen molar-refractivity contribution in [2.75, 3.05) is 0 Å². The van der Waals surface area contributed by atoms with Crippen LogP contribution in [0.1, 0.15) is 79.0 Å². The molecule has 7 heteroatoms. The van der Waals surface area contributed by atoms with Gasteiger partial charge in [-0.05, 0) is 135 Å². The van der Waals surface area contributed by atoms with Crippen molar-refractivity contribution in [3.63, 3.8) is 0 Å². The summed E-state index contributed by atoms with van der Waals surface area (Å²) < 4.78 is 16.3. The van der Waals surface area contributed by atoms with Crippen molar-refractivity contribution in [3.05, 3.63) is 296 Å². The van der Waals surface area contributed by atoms with Crippen LogP contribution in [0.2, 0.25) is 0 Å². The summed E-state index contributed by atoms with van der Waals surface area (Å²) in [6.07, 6.45) is 1.94. The molecule has 0 amide bonds. The van der Waals surface area contributed by atoms with Crippen LogP contribution in [0.25, 0.3) is 66.2 Å². The molecule has 0 fully saturated rings. The monoisotopic (exact) mass is 1200 g/mol. The Morgan fingerprint density at radius 3 is 1.55 bits per heavy atom. The fourth-order valence-corrected chi connectivity index (χ4v) is 18.6. The molecule has 14 aromatic rings. The molecule has 11 aromatic carbocycles. The fraction of sp³-hybridized carbons (Fsp3) is 0.143. The van der Waals surface area contributed by atoms with E-state index in [0.29, 0.717) is 5.75 Å². The molecule has 1 aliphatic rings.